The molecule has 1 unspecified atom stereocenters. The summed E-state index contributed by atoms with van der Waals surface area (Å²) < 4.78 is 12.5. The number of nitrogens with one attached hydrogen (secondary N) is 1. The minimum absolute atomic E-state index is 0.0733. The minimum atomic E-state index is -0.856. The van der Waals surface area contributed by atoms with Crippen molar-refractivity contribution in [3.63, 3.8) is 0 Å². The van der Waals surface area contributed by atoms with Crippen LogP contribution >= 0.6 is 11.7 Å². The molecule has 0 fully saturated rings. The predicted octanol–water partition coefficient (Wildman–Crippen LogP) is 0.595. The molecule has 2 aromatic heterocycles. The normalized spacial score (nSPS) is 12.3. The zero-order valence-electron chi connectivity index (χ0n) is 8.16. The monoisotopic (exact) mass is 239 g/mol. The Morgan fingerprint density at radius 3 is 3.19 bits per heavy atom. The Balaban J connectivity index is 1.86. The zero-order chi connectivity index (χ0) is 11.4. The van der Waals surface area contributed by atoms with Crippen LogP contribution in [0.1, 0.15) is 22.4 Å². The molecule has 1 atom stereocenters. The lowest BCUT2D eigenvalue weighted by atomic mass is 10.2. The van der Waals surface area contributed by atoms with Crippen molar-refractivity contribution in [2.45, 2.75) is 6.10 Å². The van der Waals surface area contributed by atoms with Crippen LogP contribution in [0.5, 0.6) is 0 Å². The highest BCUT2D eigenvalue weighted by molar-refractivity contribution is 6.99. The molecule has 0 saturated carbocycles. The molecule has 2 rings (SSSR count). The van der Waals surface area contributed by atoms with Crippen molar-refractivity contribution in [1.29, 1.82) is 0 Å². The maximum absolute atomic E-state index is 11.4. The van der Waals surface area contributed by atoms with E-state index in [1.807, 2.05) is 0 Å². The first kappa shape index (κ1) is 10.8. The number of amides is 1. The number of nitrogens with zero attached hydrogens (tertiary/aromatic N) is 2. The summed E-state index contributed by atoms with van der Waals surface area (Å²) in [7, 11) is 0. The summed E-state index contributed by atoms with van der Waals surface area (Å²) in [5.41, 5.74) is 0.247. The first-order chi connectivity index (χ1) is 7.77. The Kier molecular flexibility index (Phi) is 3.28. The third-order valence-electron chi connectivity index (χ3n) is 1.92. The van der Waals surface area contributed by atoms with Crippen molar-refractivity contribution >= 4 is 17.6 Å². The molecule has 6 nitrogen and oxygen atoms in total. The van der Waals surface area contributed by atoms with Crippen LogP contribution in [0, 0.1) is 0 Å². The molecule has 2 heterocycles. The van der Waals surface area contributed by atoms with Crippen LogP contribution in [-0.2, 0) is 0 Å². The van der Waals surface area contributed by atoms with E-state index in [9.17, 15) is 9.90 Å². The smallest absolute Gasteiger partial charge is 0.272 e. The molecule has 2 aromatic rings. The van der Waals surface area contributed by atoms with Crippen molar-refractivity contribution in [2.24, 2.45) is 0 Å². The van der Waals surface area contributed by atoms with Gasteiger partial charge < -0.3 is 14.8 Å². The lowest BCUT2D eigenvalue weighted by Gasteiger charge is -2.07. The molecular weight excluding hydrogens is 230 g/mol. The van der Waals surface area contributed by atoms with Crippen molar-refractivity contribution in [3.8, 4) is 0 Å². The van der Waals surface area contributed by atoms with Crippen LogP contribution in [0.3, 0.4) is 0 Å². The Labute approximate surface area is 95.2 Å². The number of carbonyl (C=O) groups is 1. The maximum atomic E-state index is 11.4. The van der Waals surface area contributed by atoms with Crippen LogP contribution in [0.4, 0.5) is 0 Å². The number of hydrogen-bond donors (Lipinski definition) is 2. The standard InChI is InChI=1S/C9H9N3O3S/c13-7(8-2-1-3-15-8)5-10-9(14)6-4-11-16-12-6/h1-4,7,13H,5H2,(H,10,14). The molecule has 0 aliphatic heterocycles. The molecule has 84 valence electrons. The number of carbonyl (C=O) groups excluding carboxylic acids is 1. The largest absolute Gasteiger partial charge is 0.467 e. The molecule has 0 aliphatic rings. The summed E-state index contributed by atoms with van der Waals surface area (Å²) in [6.07, 6.45) is 1.98. The van der Waals surface area contributed by atoms with Gasteiger partial charge in [0.25, 0.3) is 5.91 Å². The van der Waals surface area contributed by atoms with E-state index in [0.29, 0.717) is 5.76 Å². The Morgan fingerprint density at radius 2 is 2.56 bits per heavy atom. The average molecular weight is 239 g/mol. The molecule has 2 N–H and O–H groups in total. The Hall–Kier alpha value is -1.73. The molecule has 0 spiro atoms. The van der Waals surface area contributed by atoms with Crippen molar-refractivity contribution < 1.29 is 14.3 Å². The van der Waals surface area contributed by atoms with Gasteiger partial charge in [-0.25, -0.2) is 0 Å². The topological polar surface area (TPSA) is 88.2 Å². The van der Waals surface area contributed by atoms with Gasteiger partial charge in [-0.15, -0.1) is 0 Å². The van der Waals surface area contributed by atoms with Gasteiger partial charge in [0.2, 0.25) is 0 Å². The van der Waals surface area contributed by atoms with Gasteiger partial charge in [-0.2, -0.15) is 8.75 Å². The van der Waals surface area contributed by atoms with Gasteiger partial charge in [-0.05, 0) is 12.1 Å². The van der Waals surface area contributed by atoms with E-state index in [-0.39, 0.29) is 18.1 Å². The van der Waals surface area contributed by atoms with E-state index in [1.165, 1.54) is 12.5 Å². The molecule has 0 aromatic carbocycles. The first-order valence-corrected chi connectivity index (χ1v) is 5.27. The highest BCUT2D eigenvalue weighted by atomic mass is 32.1. The lowest BCUT2D eigenvalue weighted by Crippen LogP contribution is -2.28. The molecule has 0 saturated heterocycles. The number of hydrogen-bond acceptors (Lipinski definition) is 6. The summed E-state index contributed by atoms with van der Waals surface area (Å²) in [6, 6.07) is 3.31. The summed E-state index contributed by atoms with van der Waals surface area (Å²) in [4.78, 5) is 11.4. The summed E-state index contributed by atoms with van der Waals surface area (Å²) in [5.74, 6) is 0.0519. The number of rotatable bonds is 4. The van der Waals surface area contributed by atoms with Gasteiger partial charge in [-0.1, -0.05) is 0 Å². The molecule has 16 heavy (non-hydrogen) atoms. The van der Waals surface area contributed by atoms with E-state index in [1.54, 1.807) is 12.1 Å². The summed E-state index contributed by atoms with van der Waals surface area (Å²) in [6.45, 7) is 0.0733. The van der Waals surface area contributed by atoms with Gasteiger partial charge in [0, 0.05) is 0 Å². The molecule has 7 heteroatoms. The summed E-state index contributed by atoms with van der Waals surface area (Å²) in [5, 5.41) is 12.1. The fraction of sp³-hybridized carbons (Fsp3) is 0.222. The summed E-state index contributed by atoms with van der Waals surface area (Å²) >= 11 is 0.958. The van der Waals surface area contributed by atoms with Crippen LogP contribution in [0.15, 0.2) is 29.0 Å². The highest BCUT2D eigenvalue weighted by Gasteiger charge is 2.13. The van der Waals surface area contributed by atoms with E-state index in [0.717, 1.165) is 11.7 Å². The van der Waals surface area contributed by atoms with Crippen LogP contribution in [0.2, 0.25) is 0 Å². The number of aromatic nitrogens is 2. The van der Waals surface area contributed by atoms with E-state index >= 15 is 0 Å². The maximum Gasteiger partial charge on any atom is 0.272 e. The fourth-order valence-corrected chi connectivity index (χ4v) is 1.54. The molecule has 1 amide bonds. The van der Waals surface area contributed by atoms with Crippen LogP contribution < -0.4 is 5.32 Å². The number of aliphatic hydroxyl groups excluding tert-OH is 1. The van der Waals surface area contributed by atoms with Crippen LogP contribution in [0.25, 0.3) is 0 Å². The number of aliphatic hydroxyl groups is 1. The second kappa shape index (κ2) is 4.86. The van der Waals surface area contributed by atoms with Gasteiger partial charge in [0.1, 0.15) is 11.9 Å². The van der Waals surface area contributed by atoms with Crippen molar-refractivity contribution in [3.05, 3.63) is 36.0 Å². The fourth-order valence-electron chi connectivity index (χ4n) is 1.13. The van der Waals surface area contributed by atoms with E-state index in [2.05, 4.69) is 14.1 Å². The van der Waals surface area contributed by atoms with Crippen molar-refractivity contribution in [2.75, 3.05) is 6.54 Å². The minimum Gasteiger partial charge on any atom is -0.467 e. The third-order valence-corrected chi connectivity index (χ3v) is 2.40. The second-order valence-electron chi connectivity index (χ2n) is 3.03. The molecule has 0 radical (unpaired) electrons. The lowest BCUT2D eigenvalue weighted by molar-refractivity contribution is 0.0897. The first-order valence-electron chi connectivity index (χ1n) is 4.54. The average Bonchev–Trinajstić information content (AvgIpc) is 2.95. The molecule has 0 bridgehead atoms. The zero-order valence-corrected chi connectivity index (χ0v) is 8.98. The molecular formula is C9H9N3O3S. The van der Waals surface area contributed by atoms with Gasteiger partial charge in [0.05, 0.1) is 30.7 Å². The SMILES string of the molecule is O=C(NCC(O)c1ccco1)c1cnsn1. The Bertz CT molecular complexity index is 441. The third kappa shape index (κ3) is 2.44. The van der Waals surface area contributed by atoms with Gasteiger partial charge >= 0.3 is 0 Å². The van der Waals surface area contributed by atoms with E-state index in [4.69, 9.17) is 4.42 Å². The predicted molar refractivity (Wildman–Crippen MR) is 55.9 cm³/mol. The number of furan rings is 1. The quantitative estimate of drug-likeness (QED) is 0.815. The van der Waals surface area contributed by atoms with Crippen molar-refractivity contribution in [1.82, 2.24) is 14.1 Å². The van der Waals surface area contributed by atoms with Crippen LogP contribution in [-0.4, -0.2) is 26.3 Å². The second-order valence-corrected chi connectivity index (χ2v) is 3.59. The van der Waals surface area contributed by atoms with E-state index < -0.39 is 6.10 Å². The van der Waals surface area contributed by atoms with Gasteiger partial charge in [-0.3, -0.25) is 4.79 Å². The molecule has 0 aliphatic carbocycles. The van der Waals surface area contributed by atoms with Gasteiger partial charge in [0.15, 0.2) is 5.69 Å². The highest BCUT2D eigenvalue weighted by Crippen LogP contribution is 2.11. The Morgan fingerprint density at radius 1 is 1.69 bits per heavy atom.